The number of aryl methyl sites for hydroxylation is 1. The number of nitrogens with one attached hydrogen (secondary N) is 1. The molecule has 1 N–H and O–H groups in total. The first-order valence-electron chi connectivity index (χ1n) is 5.77. The molecule has 0 saturated heterocycles. The van der Waals surface area contributed by atoms with E-state index in [2.05, 4.69) is 15.4 Å². The first-order chi connectivity index (χ1) is 9.36. The van der Waals surface area contributed by atoms with Crippen molar-refractivity contribution in [2.24, 2.45) is 7.05 Å². The van der Waals surface area contributed by atoms with Crippen LogP contribution in [0.15, 0.2) is 24.5 Å². The number of hydrogen-bond acceptors (Lipinski definition) is 3. The van der Waals surface area contributed by atoms with Crippen molar-refractivity contribution in [2.45, 2.75) is 19.3 Å². The maximum Gasteiger partial charge on any atom is 0.416 e. The predicted octanol–water partition coefficient (Wildman–Crippen LogP) is 2.26. The molecule has 0 saturated carbocycles. The summed E-state index contributed by atoms with van der Waals surface area (Å²) in [5.74, 6) is -0.435. The molecule has 1 heterocycles. The monoisotopic (exact) mass is 288 g/mol. The molecule has 1 aromatic heterocycles. The normalized spacial score (nSPS) is 11.8. The summed E-state index contributed by atoms with van der Waals surface area (Å²) in [6.45, 7) is 0.183. The third-order valence-electron chi connectivity index (χ3n) is 2.62. The minimum atomic E-state index is -4.58. The van der Waals surface area contributed by atoms with Gasteiger partial charge in [0.1, 0.15) is 12.1 Å². The molecular weight excluding hydrogens is 276 g/mol. The highest BCUT2D eigenvalue weighted by molar-refractivity contribution is 5.30. The summed E-state index contributed by atoms with van der Waals surface area (Å²) in [5.41, 5.74) is -0.992. The summed E-state index contributed by atoms with van der Waals surface area (Å²) >= 11 is 0. The van der Waals surface area contributed by atoms with Gasteiger partial charge >= 0.3 is 6.18 Å². The van der Waals surface area contributed by atoms with Gasteiger partial charge in [0, 0.05) is 13.6 Å². The van der Waals surface area contributed by atoms with Crippen molar-refractivity contribution in [3.05, 3.63) is 47.3 Å². The average Bonchev–Trinajstić information content (AvgIpc) is 2.76. The summed E-state index contributed by atoms with van der Waals surface area (Å²) in [7, 11) is 1.69. The molecule has 0 atom stereocenters. The lowest BCUT2D eigenvalue weighted by atomic mass is 10.1. The lowest BCUT2D eigenvalue weighted by Crippen LogP contribution is -2.18. The SMILES string of the molecule is Cn1cnc(CNCc2ccc(F)cc2C(F)(F)F)n1. The van der Waals surface area contributed by atoms with E-state index in [1.54, 1.807) is 7.05 Å². The minimum absolute atomic E-state index is 0.0187. The molecule has 2 rings (SSSR count). The Morgan fingerprint density at radius 1 is 1.25 bits per heavy atom. The second kappa shape index (κ2) is 5.58. The fraction of sp³-hybridized carbons (Fsp3) is 0.333. The largest absolute Gasteiger partial charge is 0.416 e. The van der Waals surface area contributed by atoms with Crippen LogP contribution in [0.25, 0.3) is 0 Å². The van der Waals surface area contributed by atoms with E-state index in [9.17, 15) is 17.6 Å². The summed E-state index contributed by atoms with van der Waals surface area (Å²) in [4.78, 5) is 3.94. The second-order valence-electron chi connectivity index (χ2n) is 4.24. The molecule has 2 aromatic rings. The van der Waals surface area contributed by atoms with Crippen LogP contribution in [0.4, 0.5) is 17.6 Å². The van der Waals surface area contributed by atoms with Crippen molar-refractivity contribution in [3.8, 4) is 0 Å². The Kier molecular flexibility index (Phi) is 4.03. The number of halogens is 4. The molecule has 20 heavy (non-hydrogen) atoms. The molecule has 0 unspecified atom stereocenters. The van der Waals surface area contributed by atoms with E-state index >= 15 is 0 Å². The Labute approximate surface area is 112 Å². The highest BCUT2D eigenvalue weighted by Crippen LogP contribution is 2.32. The van der Waals surface area contributed by atoms with Gasteiger partial charge in [-0.1, -0.05) is 6.07 Å². The fourth-order valence-electron chi connectivity index (χ4n) is 1.74. The van der Waals surface area contributed by atoms with Gasteiger partial charge in [0.05, 0.1) is 12.1 Å². The van der Waals surface area contributed by atoms with E-state index in [1.165, 1.54) is 11.0 Å². The van der Waals surface area contributed by atoms with Crippen molar-refractivity contribution < 1.29 is 17.6 Å². The standard InChI is InChI=1S/C12H12F4N4/c1-20-7-18-11(19-20)6-17-5-8-2-3-9(13)4-10(8)12(14,15)16/h2-4,7,17H,5-6H2,1H3. The molecule has 0 radical (unpaired) electrons. The van der Waals surface area contributed by atoms with Crippen LogP contribution >= 0.6 is 0 Å². The van der Waals surface area contributed by atoms with Crippen LogP contribution in [-0.2, 0) is 26.3 Å². The van der Waals surface area contributed by atoms with E-state index in [4.69, 9.17) is 0 Å². The average molecular weight is 288 g/mol. The van der Waals surface area contributed by atoms with Gasteiger partial charge in [-0.15, -0.1) is 0 Å². The van der Waals surface area contributed by atoms with E-state index < -0.39 is 17.6 Å². The quantitative estimate of drug-likeness (QED) is 0.878. The van der Waals surface area contributed by atoms with Gasteiger partial charge in [0.15, 0.2) is 5.82 Å². The topological polar surface area (TPSA) is 42.7 Å². The molecule has 0 fully saturated rings. The highest BCUT2D eigenvalue weighted by Gasteiger charge is 2.33. The Morgan fingerprint density at radius 3 is 2.60 bits per heavy atom. The van der Waals surface area contributed by atoms with Crippen molar-refractivity contribution in [2.75, 3.05) is 0 Å². The highest BCUT2D eigenvalue weighted by atomic mass is 19.4. The molecule has 0 spiro atoms. The predicted molar refractivity (Wildman–Crippen MR) is 62.9 cm³/mol. The number of aromatic nitrogens is 3. The van der Waals surface area contributed by atoms with Crippen LogP contribution in [0.1, 0.15) is 17.0 Å². The smallest absolute Gasteiger partial charge is 0.306 e. The molecular formula is C12H12F4N4. The number of hydrogen-bond donors (Lipinski definition) is 1. The summed E-state index contributed by atoms with van der Waals surface area (Å²) in [6, 6.07) is 2.62. The lowest BCUT2D eigenvalue weighted by molar-refractivity contribution is -0.138. The molecule has 0 amide bonds. The molecule has 108 valence electrons. The van der Waals surface area contributed by atoms with Gasteiger partial charge in [-0.25, -0.2) is 9.37 Å². The van der Waals surface area contributed by atoms with Crippen molar-refractivity contribution in [1.29, 1.82) is 0 Å². The Bertz CT molecular complexity index is 591. The van der Waals surface area contributed by atoms with Gasteiger partial charge < -0.3 is 5.32 Å². The van der Waals surface area contributed by atoms with E-state index in [-0.39, 0.29) is 18.7 Å². The van der Waals surface area contributed by atoms with Crippen molar-refractivity contribution in [3.63, 3.8) is 0 Å². The van der Waals surface area contributed by atoms with Crippen molar-refractivity contribution in [1.82, 2.24) is 20.1 Å². The van der Waals surface area contributed by atoms with Crippen LogP contribution in [0.2, 0.25) is 0 Å². The maximum absolute atomic E-state index is 12.9. The number of benzene rings is 1. The van der Waals surface area contributed by atoms with Crippen LogP contribution < -0.4 is 5.32 Å². The van der Waals surface area contributed by atoms with E-state index in [0.29, 0.717) is 11.9 Å². The summed E-state index contributed by atoms with van der Waals surface area (Å²) in [6.07, 6.45) is -3.08. The number of alkyl halides is 3. The summed E-state index contributed by atoms with van der Waals surface area (Å²) < 4.78 is 52.7. The van der Waals surface area contributed by atoms with Gasteiger partial charge in [-0.3, -0.25) is 4.68 Å². The van der Waals surface area contributed by atoms with Gasteiger partial charge in [0.2, 0.25) is 0 Å². The first kappa shape index (κ1) is 14.4. The first-order valence-corrected chi connectivity index (χ1v) is 5.77. The molecule has 0 aliphatic rings. The fourth-order valence-corrected chi connectivity index (χ4v) is 1.74. The van der Waals surface area contributed by atoms with Crippen LogP contribution in [-0.4, -0.2) is 14.8 Å². The molecule has 0 aliphatic heterocycles. The summed E-state index contributed by atoms with van der Waals surface area (Å²) in [5, 5.41) is 6.79. The lowest BCUT2D eigenvalue weighted by Gasteiger charge is -2.13. The number of nitrogens with zero attached hydrogens (tertiary/aromatic N) is 3. The molecule has 4 nitrogen and oxygen atoms in total. The zero-order valence-electron chi connectivity index (χ0n) is 10.6. The van der Waals surface area contributed by atoms with E-state index in [1.807, 2.05) is 0 Å². The van der Waals surface area contributed by atoms with Crippen molar-refractivity contribution >= 4 is 0 Å². The van der Waals surface area contributed by atoms with Crippen LogP contribution in [0.3, 0.4) is 0 Å². The zero-order chi connectivity index (χ0) is 14.8. The minimum Gasteiger partial charge on any atom is -0.306 e. The van der Waals surface area contributed by atoms with Crippen LogP contribution in [0, 0.1) is 5.82 Å². The van der Waals surface area contributed by atoms with Crippen LogP contribution in [0.5, 0.6) is 0 Å². The van der Waals surface area contributed by atoms with Gasteiger partial charge in [-0.2, -0.15) is 18.3 Å². The molecule has 0 aliphatic carbocycles. The van der Waals surface area contributed by atoms with E-state index in [0.717, 1.165) is 12.1 Å². The Morgan fingerprint density at radius 2 is 2.00 bits per heavy atom. The number of rotatable bonds is 4. The third kappa shape index (κ3) is 3.53. The molecule has 0 bridgehead atoms. The third-order valence-corrected chi connectivity index (χ3v) is 2.62. The maximum atomic E-state index is 12.9. The Hall–Kier alpha value is -1.96. The molecule has 1 aromatic carbocycles. The van der Waals surface area contributed by atoms with Gasteiger partial charge in [-0.05, 0) is 17.7 Å². The zero-order valence-corrected chi connectivity index (χ0v) is 10.6. The second-order valence-corrected chi connectivity index (χ2v) is 4.24. The molecule has 8 heteroatoms. The Balaban J connectivity index is 2.06. The van der Waals surface area contributed by atoms with Gasteiger partial charge in [0.25, 0.3) is 0 Å².